The van der Waals surface area contributed by atoms with Crippen molar-refractivity contribution < 1.29 is 4.79 Å². The first kappa shape index (κ1) is 19.5. The van der Waals surface area contributed by atoms with Crippen LogP contribution >= 0.6 is 11.8 Å². The van der Waals surface area contributed by atoms with Crippen molar-refractivity contribution in [1.29, 1.82) is 0 Å². The molecule has 0 fully saturated rings. The summed E-state index contributed by atoms with van der Waals surface area (Å²) >= 11 is 1.32. The Hall–Kier alpha value is -1.82. The zero-order chi connectivity index (χ0) is 18.6. The van der Waals surface area contributed by atoms with Crippen molar-refractivity contribution in [2.45, 2.75) is 52.4 Å². The van der Waals surface area contributed by atoms with E-state index in [0.29, 0.717) is 34.4 Å². The number of thioether (sulfide) groups is 1. The van der Waals surface area contributed by atoms with Gasteiger partial charge in [-0.1, -0.05) is 51.6 Å². The lowest BCUT2D eigenvalue weighted by molar-refractivity contribution is -0.119. The predicted molar refractivity (Wildman–Crippen MR) is 104 cm³/mol. The molecular formula is C19H27N3O2S. The molecule has 1 heterocycles. The SMILES string of the molecule is CC(C)Cn1c(SCC(=O)N[C@@H](C)C(C)C)nc2ccccc2c1=O. The standard InChI is InChI=1S/C19H27N3O2S/c1-12(2)10-22-18(24)15-8-6-7-9-16(15)21-19(22)25-11-17(23)20-14(5)13(3)4/h6-9,12-14H,10-11H2,1-5H3,(H,20,23)/t14-/m0/s1. The van der Waals surface area contributed by atoms with Crippen molar-refractivity contribution in [2.75, 3.05) is 5.75 Å². The number of amides is 1. The van der Waals surface area contributed by atoms with Crippen molar-refractivity contribution in [2.24, 2.45) is 11.8 Å². The number of nitrogens with one attached hydrogen (secondary N) is 1. The van der Waals surface area contributed by atoms with E-state index in [1.165, 1.54) is 11.8 Å². The minimum atomic E-state index is -0.0437. The summed E-state index contributed by atoms with van der Waals surface area (Å²) in [6, 6.07) is 7.47. The fourth-order valence-corrected chi connectivity index (χ4v) is 3.20. The Morgan fingerprint density at radius 1 is 1.20 bits per heavy atom. The average molecular weight is 362 g/mol. The van der Waals surface area contributed by atoms with Gasteiger partial charge in [0.05, 0.1) is 16.7 Å². The van der Waals surface area contributed by atoms with Gasteiger partial charge >= 0.3 is 0 Å². The Morgan fingerprint density at radius 3 is 2.52 bits per heavy atom. The lowest BCUT2D eigenvalue weighted by atomic mass is 10.1. The maximum Gasteiger partial charge on any atom is 0.262 e. The van der Waals surface area contributed by atoms with E-state index >= 15 is 0 Å². The largest absolute Gasteiger partial charge is 0.353 e. The molecule has 2 rings (SSSR count). The normalized spacial score (nSPS) is 12.8. The molecule has 6 heteroatoms. The third kappa shape index (κ3) is 5.08. The molecule has 0 radical (unpaired) electrons. The van der Waals surface area contributed by atoms with Gasteiger partial charge in [-0.05, 0) is 30.9 Å². The van der Waals surface area contributed by atoms with E-state index in [9.17, 15) is 9.59 Å². The second-order valence-electron chi connectivity index (χ2n) is 7.11. The fraction of sp³-hybridized carbons (Fsp3) is 0.526. The van der Waals surface area contributed by atoms with Crippen LogP contribution in [0.4, 0.5) is 0 Å². The zero-order valence-electron chi connectivity index (χ0n) is 15.6. The number of carbonyl (C=O) groups is 1. The fourth-order valence-electron chi connectivity index (χ4n) is 2.38. The monoisotopic (exact) mass is 361 g/mol. The molecule has 1 aromatic carbocycles. The highest BCUT2D eigenvalue weighted by Gasteiger charge is 2.15. The second kappa shape index (κ2) is 8.52. The number of hydrogen-bond donors (Lipinski definition) is 1. The van der Waals surface area contributed by atoms with Gasteiger partial charge in [0.1, 0.15) is 0 Å². The van der Waals surface area contributed by atoms with Crippen LogP contribution in [-0.4, -0.2) is 27.3 Å². The van der Waals surface area contributed by atoms with Crippen LogP contribution in [0.2, 0.25) is 0 Å². The molecule has 2 aromatic rings. The first-order valence-electron chi connectivity index (χ1n) is 8.71. The molecule has 0 saturated heterocycles. The molecule has 136 valence electrons. The van der Waals surface area contributed by atoms with Gasteiger partial charge in [0.25, 0.3) is 5.56 Å². The maximum atomic E-state index is 12.8. The minimum Gasteiger partial charge on any atom is -0.353 e. The molecule has 25 heavy (non-hydrogen) atoms. The van der Waals surface area contributed by atoms with E-state index in [-0.39, 0.29) is 23.3 Å². The van der Waals surface area contributed by atoms with Gasteiger partial charge in [-0.15, -0.1) is 0 Å². The Labute approximate surface area is 153 Å². The van der Waals surface area contributed by atoms with Crippen LogP contribution in [0.3, 0.4) is 0 Å². The summed E-state index contributed by atoms with van der Waals surface area (Å²) in [5.74, 6) is 0.909. The molecule has 0 unspecified atom stereocenters. The molecule has 1 aromatic heterocycles. The van der Waals surface area contributed by atoms with Crippen LogP contribution in [0.15, 0.2) is 34.2 Å². The van der Waals surface area contributed by atoms with Crippen LogP contribution < -0.4 is 10.9 Å². The summed E-state index contributed by atoms with van der Waals surface area (Å²) in [6.45, 7) is 10.9. The maximum absolute atomic E-state index is 12.8. The van der Waals surface area contributed by atoms with Crippen LogP contribution in [-0.2, 0) is 11.3 Å². The highest BCUT2D eigenvalue weighted by molar-refractivity contribution is 7.99. The van der Waals surface area contributed by atoms with Crippen LogP contribution in [0.25, 0.3) is 10.9 Å². The molecule has 0 spiro atoms. The Morgan fingerprint density at radius 2 is 1.88 bits per heavy atom. The second-order valence-corrected chi connectivity index (χ2v) is 8.05. The molecule has 1 atom stereocenters. The van der Waals surface area contributed by atoms with Crippen molar-refractivity contribution in [3.8, 4) is 0 Å². The number of para-hydroxylation sites is 1. The summed E-state index contributed by atoms with van der Waals surface area (Å²) in [5, 5.41) is 4.20. The third-order valence-electron chi connectivity index (χ3n) is 4.10. The summed E-state index contributed by atoms with van der Waals surface area (Å²) < 4.78 is 1.69. The number of fused-ring (bicyclic) bond motifs is 1. The smallest absolute Gasteiger partial charge is 0.262 e. The molecule has 0 aliphatic heterocycles. The van der Waals surface area contributed by atoms with E-state index in [4.69, 9.17) is 0 Å². The summed E-state index contributed by atoms with van der Waals surface area (Å²) in [5.41, 5.74) is 0.628. The molecule has 0 aliphatic carbocycles. The van der Waals surface area contributed by atoms with Crippen LogP contribution in [0.1, 0.15) is 34.6 Å². The van der Waals surface area contributed by atoms with Gasteiger partial charge in [0.15, 0.2) is 5.16 Å². The first-order valence-corrected chi connectivity index (χ1v) is 9.70. The quantitative estimate of drug-likeness (QED) is 0.607. The van der Waals surface area contributed by atoms with E-state index in [1.54, 1.807) is 10.6 Å². The number of rotatable bonds is 7. The first-order chi connectivity index (χ1) is 11.8. The predicted octanol–water partition coefficient (Wildman–Crippen LogP) is 3.31. The van der Waals surface area contributed by atoms with E-state index in [2.05, 4.69) is 38.0 Å². The van der Waals surface area contributed by atoms with Crippen LogP contribution in [0, 0.1) is 11.8 Å². The van der Waals surface area contributed by atoms with E-state index < -0.39 is 0 Å². The minimum absolute atomic E-state index is 0.0373. The molecule has 0 aliphatic rings. The third-order valence-corrected chi connectivity index (χ3v) is 5.07. The van der Waals surface area contributed by atoms with Gasteiger partial charge in [0.2, 0.25) is 5.91 Å². The number of benzene rings is 1. The Bertz CT molecular complexity index is 799. The van der Waals surface area contributed by atoms with Crippen molar-refractivity contribution >= 4 is 28.6 Å². The van der Waals surface area contributed by atoms with Crippen LogP contribution in [0.5, 0.6) is 0 Å². The molecule has 0 saturated carbocycles. The lowest BCUT2D eigenvalue weighted by Gasteiger charge is -2.18. The highest BCUT2D eigenvalue weighted by Crippen LogP contribution is 2.19. The number of nitrogens with zero attached hydrogens (tertiary/aromatic N) is 2. The van der Waals surface area contributed by atoms with E-state index in [1.807, 2.05) is 25.1 Å². The van der Waals surface area contributed by atoms with Gasteiger partial charge in [-0.25, -0.2) is 4.98 Å². The van der Waals surface area contributed by atoms with E-state index in [0.717, 1.165) is 0 Å². The van der Waals surface area contributed by atoms with Crippen molar-refractivity contribution in [3.63, 3.8) is 0 Å². The Balaban J connectivity index is 2.26. The lowest BCUT2D eigenvalue weighted by Crippen LogP contribution is -2.37. The number of aromatic nitrogens is 2. The summed E-state index contributed by atoms with van der Waals surface area (Å²) in [7, 11) is 0. The Kier molecular flexibility index (Phi) is 6.64. The van der Waals surface area contributed by atoms with Crippen molar-refractivity contribution in [3.05, 3.63) is 34.6 Å². The van der Waals surface area contributed by atoms with Gasteiger partial charge in [0, 0.05) is 12.6 Å². The summed E-state index contributed by atoms with van der Waals surface area (Å²) in [6.07, 6.45) is 0. The highest BCUT2D eigenvalue weighted by atomic mass is 32.2. The molecule has 0 bridgehead atoms. The van der Waals surface area contributed by atoms with Gasteiger partial charge in [-0.2, -0.15) is 0 Å². The van der Waals surface area contributed by atoms with Gasteiger partial charge in [-0.3, -0.25) is 14.2 Å². The zero-order valence-corrected chi connectivity index (χ0v) is 16.4. The molecule has 1 N–H and O–H groups in total. The summed E-state index contributed by atoms with van der Waals surface area (Å²) in [4.78, 5) is 29.6. The average Bonchev–Trinajstić information content (AvgIpc) is 2.55. The molecule has 5 nitrogen and oxygen atoms in total. The number of hydrogen-bond acceptors (Lipinski definition) is 4. The number of carbonyl (C=O) groups excluding carboxylic acids is 1. The van der Waals surface area contributed by atoms with Gasteiger partial charge < -0.3 is 5.32 Å². The molecular weight excluding hydrogens is 334 g/mol. The topological polar surface area (TPSA) is 64.0 Å². The molecule has 1 amide bonds. The van der Waals surface area contributed by atoms with Crippen molar-refractivity contribution in [1.82, 2.24) is 14.9 Å².